The second kappa shape index (κ2) is 8.07. The Morgan fingerprint density at radius 2 is 1.96 bits per heavy atom. The first-order chi connectivity index (χ1) is 12.7. The molecule has 3 saturated heterocycles. The molecule has 1 amide bonds. The Morgan fingerprint density at radius 1 is 1.23 bits per heavy atom. The molecule has 142 valence electrons. The number of ether oxygens (including phenoxy) is 1. The topological polar surface area (TPSA) is 44.8 Å². The van der Waals surface area contributed by atoms with Crippen molar-refractivity contribution in [1.29, 1.82) is 0 Å². The molecule has 3 unspecified atom stereocenters. The summed E-state index contributed by atoms with van der Waals surface area (Å²) in [6.45, 7) is 3.42. The summed E-state index contributed by atoms with van der Waals surface area (Å²) in [6.07, 6.45) is 5.25. The van der Waals surface area contributed by atoms with E-state index in [1.54, 1.807) is 0 Å². The van der Waals surface area contributed by atoms with Crippen molar-refractivity contribution in [3.05, 3.63) is 35.9 Å². The predicted molar refractivity (Wildman–Crippen MR) is 102 cm³/mol. The molecule has 0 aliphatic carbocycles. The van der Waals surface area contributed by atoms with Gasteiger partial charge in [-0.1, -0.05) is 30.3 Å². The van der Waals surface area contributed by atoms with E-state index >= 15 is 0 Å². The van der Waals surface area contributed by atoms with E-state index in [4.69, 9.17) is 4.74 Å². The predicted octanol–water partition coefficient (Wildman–Crippen LogP) is 2.02. The zero-order valence-electron chi connectivity index (χ0n) is 15.8. The number of carbonyl (C=O) groups excluding carboxylic acids is 1. The van der Waals surface area contributed by atoms with Crippen molar-refractivity contribution in [2.45, 2.75) is 62.9 Å². The minimum atomic E-state index is 0.0147. The van der Waals surface area contributed by atoms with Crippen LogP contribution in [0.5, 0.6) is 0 Å². The average Bonchev–Trinajstić information content (AvgIpc) is 3.00. The Kier molecular flexibility index (Phi) is 5.57. The molecular formula is C21H31N3O2. The number of benzene rings is 1. The van der Waals surface area contributed by atoms with Crippen molar-refractivity contribution in [3.8, 4) is 0 Å². The third kappa shape index (κ3) is 4.27. The summed E-state index contributed by atoms with van der Waals surface area (Å²) >= 11 is 0. The fourth-order valence-corrected chi connectivity index (χ4v) is 4.77. The van der Waals surface area contributed by atoms with Gasteiger partial charge < -0.3 is 15.0 Å². The van der Waals surface area contributed by atoms with Crippen molar-refractivity contribution >= 4 is 5.91 Å². The normalized spacial score (nSPS) is 31.7. The monoisotopic (exact) mass is 357 g/mol. The number of nitrogens with zero attached hydrogens (tertiary/aromatic N) is 2. The van der Waals surface area contributed by atoms with E-state index in [0.29, 0.717) is 31.2 Å². The molecular weight excluding hydrogens is 326 g/mol. The van der Waals surface area contributed by atoms with E-state index in [0.717, 1.165) is 32.5 Å². The van der Waals surface area contributed by atoms with Crippen LogP contribution in [0.15, 0.2) is 30.3 Å². The minimum Gasteiger partial charge on any atom is -0.375 e. The first-order valence-corrected chi connectivity index (χ1v) is 10.1. The highest BCUT2D eigenvalue weighted by Gasteiger charge is 2.37. The van der Waals surface area contributed by atoms with E-state index in [-0.39, 0.29) is 12.0 Å². The molecule has 2 bridgehead atoms. The molecule has 0 spiro atoms. The van der Waals surface area contributed by atoms with Gasteiger partial charge in [0.2, 0.25) is 5.91 Å². The summed E-state index contributed by atoms with van der Waals surface area (Å²) in [6, 6.07) is 12.2. The van der Waals surface area contributed by atoms with E-state index < -0.39 is 0 Å². The second-order valence-corrected chi connectivity index (χ2v) is 8.19. The number of morpholine rings is 1. The molecule has 4 rings (SSSR count). The van der Waals surface area contributed by atoms with Gasteiger partial charge in [0, 0.05) is 44.8 Å². The Balaban J connectivity index is 1.28. The van der Waals surface area contributed by atoms with Crippen molar-refractivity contribution in [2.24, 2.45) is 0 Å². The molecule has 3 aliphatic rings. The molecule has 3 fully saturated rings. The lowest BCUT2D eigenvalue weighted by Crippen LogP contribution is -2.50. The zero-order chi connectivity index (χ0) is 17.9. The molecule has 0 radical (unpaired) electrons. The Hall–Kier alpha value is -1.43. The van der Waals surface area contributed by atoms with Gasteiger partial charge in [-0.2, -0.15) is 0 Å². The van der Waals surface area contributed by atoms with Crippen molar-refractivity contribution in [3.63, 3.8) is 0 Å². The lowest BCUT2D eigenvalue weighted by atomic mass is 9.98. The van der Waals surface area contributed by atoms with Crippen LogP contribution < -0.4 is 5.32 Å². The highest BCUT2D eigenvalue weighted by atomic mass is 16.5. The van der Waals surface area contributed by atoms with Crippen molar-refractivity contribution in [1.82, 2.24) is 15.1 Å². The lowest BCUT2D eigenvalue weighted by molar-refractivity contribution is -0.137. The standard InChI is InChI=1S/C21H31N3O2/c1-23(19-11-17-7-8-18(12-19)22-17)21(25)13-20-15-24(9-10-26-20)14-16-5-3-2-4-6-16/h2-6,17-20,22H,7-15H2,1H3. The first kappa shape index (κ1) is 18.0. The summed E-state index contributed by atoms with van der Waals surface area (Å²) in [5.74, 6) is 0.239. The van der Waals surface area contributed by atoms with Gasteiger partial charge in [-0.15, -0.1) is 0 Å². The number of rotatable bonds is 5. The van der Waals surface area contributed by atoms with Crippen molar-refractivity contribution < 1.29 is 9.53 Å². The van der Waals surface area contributed by atoms with E-state index in [9.17, 15) is 4.79 Å². The van der Waals surface area contributed by atoms with Crippen LogP contribution in [0.1, 0.15) is 37.7 Å². The number of piperidine rings is 1. The highest BCUT2D eigenvalue weighted by molar-refractivity contribution is 5.76. The average molecular weight is 357 g/mol. The zero-order valence-corrected chi connectivity index (χ0v) is 15.8. The number of fused-ring (bicyclic) bond motifs is 2. The fourth-order valence-electron chi connectivity index (χ4n) is 4.77. The maximum Gasteiger partial charge on any atom is 0.225 e. The van der Waals surface area contributed by atoms with Crippen LogP contribution in [0.2, 0.25) is 0 Å². The first-order valence-electron chi connectivity index (χ1n) is 10.1. The molecule has 1 N–H and O–H groups in total. The molecule has 3 atom stereocenters. The lowest BCUT2D eigenvalue weighted by Gasteiger charge is -2.37. The van der Waals surface area contributed by atoms with Crippen LogP contribution in [-0.4, -0.2) is 66.7 Å². The third-order valence-corrected chi connectivity index (χ3v) is 6.26. The Morgan fingerprint density at radius 3 is 2.69 bits per heavy atom. The molecule has 3 heterocycles. The number of amides is 1. The number of hydrogen-bond acceptors (Lipinski definition) is 4. The van der Waals surface area contributed by atoms with Gasteiger partial charge >= 0.3 is 0 Å². The maximum absolute atomic E-state index is 12.8. The van der Waals surface area contributed by atoms with Crippen LogP contribution in [0.3, 0.4) is 0 Å². The van der Waals surface area contributed by atoms with E-state index in [1.165, 1.54) is 18.4 Å². The smallest absolute Gasteiger partial charge is 0.225 e. The van der Waals surface area contributed by atoms with Gasteiger partial charge in [0.15, 0.2) is 0 Å². The molecule has 26 heavy (non-hydrogen) atoms. The molecule has 1 aromatic carbocycles. The Labute approximate surface area is 156 Å². The van der Waals surface area contributed by atoms with Gasteiger partial charge in [-0.25, -0.2) is 0 Å². The Bertz CT molecular complexity index is 597. The van der Waals surface area contributed by atoms with E-state index in [1.807, 2.05) is 18.0 Å². The molecule has 5 heteroatoms. The maximum atomic E-state index is 12.8. The number of carbonyl (C=O) groups is 1. The largest absolute Gasteiger partial charge is 0.375 e. The van der Waals surface area contributed by atoms with Crippen LogP contribution >= 0.6 is 0 Å². The van der Waals surface area contributed by atoms with Crippen LogP contribution in [0.4, 0.5) is 0 Å². The molecule has 0 aromatic heterocycles. The second-order valence-electron chi connectivity index (χ2n) is 8.19. The highest BCUT2D eigenvalue weighted by Crippen LogP contribution is 2.29. The quantitative estimate of drug-likeness (QED) is 0.876. The van der Waals surface area contributed by atoms with E-state index in [2.05, 4.69) is 34.5 Å². The SMILES string of the molecule is CN(C(=O)CC1CN(Cc2ccccc2)CCO1)C1CC2CCC(C1)N2. The van der Waals surface area contributed by atoms with Gasteiger partial charge in [0.1, 0.15) is 0 Å². The summed E-state index contributed by atoms with van der Waals surface area (Å²) in [5, 5.41) is 3.66. The molecule has 3 aliphatic heterocycles. The molecule has 1 aromatic rings. The number of nitrogens with one attached hydrogen (secondary N) is 1. The minimum absolute atomic E-state index is 0.0147. The van der Waals surface area contributed by atoms with Crippen LogP contribution in [0.25, 0.3) is 0 Å². The van der Waals surface area contributed by atoms with Crippen LogP contribution in [0, 0.1) is 0 Å². The van der Waals surface area contributed by atoms with Gasteiger partial charge in [-0.05, 0) is 31.2 Å². The van der Waals surface area contributed by atoms with Gasteiger partial charge in [0.25, 0.3) is 0 Å². The molecule has 5 nitrogen and oxygen atoms in total. The summed E-state index contributed by atoms with van der Waals surface area (Å²) in [5.41, 5.74) is 1.32. The summed E-state index contributed by atoms with van der Waals surface area (Å²) in [4.78, 5) is 17.2. The van der Waals surface area contributed by atoms with Crippen LogP contribution in [-0.2, 0) is 16.1 Å². The van der Waals surface area contributed by atoms with Gasteiger partial charge in [0.05, 0.1) is 19.1 Å². The third-order valence-electron chi connectivity index (χ3n) is 6.26. The summed E-state index contributed by atoms with van der Waals surface area (Å²) < 4.78 is 5.91. The fraction of sp³-hybridized carbons (Fsp3) is 0.667. The van der Waals surface area contributed by atoms with Gasteiger partial charge in [-0.3, -0.25) is 9.69 Å². The number of hydrogen-bond donors (Lipinski definition) is 1. The van der Waals surface area contributed by atoms with Crippen molar-refractivity contribution in [2.75, 3.05) is 26.7 Å². The summed E-state index contributed by atoms with van der Waals surface area (Å²) in [7, 11) is 1.99. The molecule has 0 saturated carbocycles.